The van der Waals surface area contributed by atoms with Gasteiger partial charge in [-0.2, -0.15) is 0 Å². The number of aliphatic carboxylic acids is 1. The number of hydrogen-bond donors (Lipinski definition) is 2. The number of carbonyl (C=O) groups is 1. The van der Waals surface area contributed by atoms with Crippen molar-refractivity contribution in [3.05, 3.63) is 76.0 Å². The first-order valence-electron chi connectivity index (χ1n) is 7.23. The van der Waals surface area contributed by atoms with E-state index in [0.29, 0.717) is 22.7 Å². The van der Waals surface area contributed by atoms with Crippen molar-refractivity contribution in [1.29, 1.82) is 0 Å². The molecule has 8 heteroatoms. The molecule has 2 N–H and O–H groups in total. The second-order valence-electron chi connectivity index (χ2n) is 5.24. The van der Waals surface area contributed by atoms with Gasteiger partial charge in [0.05, 0.1) is 5.57 Å². The first-order chi connectivity index (χ1) is 12.0. The molecule has 1 aromatic heterocycles. The molecule has 2 heterocycles. The van der Waals surface area contributed by atoms with E-state index in [4.69, 9.17) is 11.6 Å². The number of amidine groups is 1. The maximum absolute atomic E-state index is 13.4. The number of halogens is 3. The average Bonchev–Trinajstić information content (AvgIpc) is 2.61. The van der Waals surface area contributed by atoms with Gasteiger partial charge in [-0.15, -0.1) is 0 Å². The van der Waals surface area contributed by atoms with Crippen molar-refractivity contribution in [1.82, 2.24) is 10.3 Å². The molecule has 0 bridgehead atoms. The number of aliphatic imine (C=N–C) groups is 1. The van der Waals surface area contributed by atoms with Crippen LogP contribution < -0.4 is 5.32 Å². The quantitative estimate of drug-likeness (QED) is 0.734. The van der Waals surface area contributed by atoms with Crippen LogP contribution in [-0.4, -0.2) is 27.2 Å². The molecule has 3 rings (SSSR count). The molecule has 0 amide bonds. The van der Waals surface area contributed by atoms with Gasteiger partial charge in [-0.3, -0.25) is 9.98 Å². The Balaban J connectivity index is 2.17. The zero-order valence-electron chi connectivity index (χ0n) is 12.7. The van der Waals surface area contributed by atoms with E-state index in [9.17, 15) is 14.3 Å². The first kappa shape index (κ1) is 17.6. The Morgan fingerprint density at radius 3 is 2.80 bits per heavy atom. The maximum atomic E-state index is 13.4. The molecule has 0 saturated carbocycles. The molecule has 25 heavy (non-hydrogen) atoms. The van der Waals surface area contributed by atoms with Crippen LogP contribution in [0.15, 0.2) is 59.0 Å². The largest absolute Gasteiger partial charge is 0.478 e. The number of rotatable bonds is 4. The van der Waals surface area contributed by atoms with E-state index in [2.05, 4.69) is 31.2 Å². The molecule has 2 aromatic rings. The Morgan fingerprint density at radius 2 is 2.20 bits per heavy atom. The molecular weight excluding hydrogens is 413 g/mol. The third-order valence-corrected chi connectivity index (χ3v) is 4.57. The number of alkyl halides is 1. The third-order valence-electron chi connectivity index (χ3n) is 3.68. The summed E-state index contributed by atoms with van der Waals surface area (Å²) in [4.78, 5) is 20.4. The van der Waals surface area contributed by atoms with E-state index in [1.54, 1.807) is 24.5 Å². The van der Waals surface area contributed by atoms with Crippen LogP contribution in [0.3, 0.4) is 0 Å². The van der Waals surface area contributed by atoms with Gasteiger partial charge in [0.2, 0.25) is 0 Å². The number of nitrogens with one attached hydrogen (secondary N) is 1. The summed E-state index contributed by atoms with van der Waals surface area (Å²) in [5, 5.41) is 13.1. The van der Waals surface area contributed by atoms with Crippen molar-refractivity contribution in [2.24, 2.45) is 4.99 Å². The van der Waals surface area contributed by atoms with Crippen LogP contribution >= 0.6 is 27.5 Å². The highest BCUT2D eigenvalue weighted by Gasteiger charge is 2.32. The molecule has 1 unspecified atom stereocenters. The van der Waals surface area contributed by atoms with Crippen molar-refractivity contribution in [3.63, 3.8) is 0 Å². The SMILES string of the molecule is O=C(O)C1=C(CBr)NC(c2cccnc2)=NC1c1ccc(F)cc1Cl. The van der Waals surface area contributed by atoms with Gasteiger partial charge in [-0.05, 0) is 24.3 Å². The van der Waals surface area contributed by atoms with Crippen LogP contribution in [0.1, 0.15) is 17.2 Å². The lowest BCUT2D eigenvalue weighted by Crippen LogP contribution is -2.34. The van der Waals surface area contributed by atoms with Crippen molar-refractivity contribution < 1.29 is 14.3 Å². The minimum Gasteiger partial charge on any atom is -0.478 e. The molecule has 0 saturated heterocycles. The van der Waals surface area contributed by atoms with E-state index in [-0.39, 0.29) is 15.9 Å². The topological polar surface area (TPSA) is 74.6 Å². The summed E-state index contributed by atoms with van der Waals surface area (Å²) in [5.41, 5.74) is 1.63. The third kappa shape index (κ3) is 3.57. The molecule has 128 valence electrons. The summed E-state index contributed by atoms with van der Waals surface area (Å²) < 4.78 is 13.4. The Hall–Kier alpha value is -2.25. The summed E-state index contributed by atoms with van der Waals surface area (Å²) in [6.45, 7) is 0. The lowest BCUT2D eigenvalue weighted by Gasteiger charge is -2.26. The fourth-order valence-electron chi connectivity index (χ4n) is 2.55. The van der Waals surface area contributed by atoms with Crippen molar-refractivity contribution in [2.75, 3.05) is 5.33 Å². The van der Waals surface area contributed by atoms with Crippen LogP contribution in [-0.2, 0) is 4.79 Å². The molecule has 0 fully saturated rings. The second kappa shape index (κ2) is 7.33. The summed E-state index contributed by atoms with van der Waals surface area (Å²) in [7, 11) is 0. The van der Waals surface area contributed by atoms with Gasteiger partial charge in [0, 0.05) is 39.6 Å². The molecule has 1 aliphatic rings. The number of carboxylic acid groups (broad SMARTS) is 1. The number of aromatic nitrogens is 1. The molecule has 0 aliphatic carbocycles. The van der Waals surface area contributed by atoms with Crippen molar-refractivity contribution >= 4 is 39.3 Å². The number of nitrogens with zero attached hydrogens (tertiary/aromatic N) is 2. The zero-order valence-corrected chi connectivity index (χ0v) is 15.1. The summed E-state index contributed by atoms with van der Waals surface area (Å²) >= 11 is 9.45. The summed E-state index contributed by atoms with van der Waals surface area (Å²) in [6, 6.07) is 6.52. The van der Waals surface area contributed by atoms with Crippen molar-refractivity contribution in [2.45, 2.75) is 6.04 Å². The standard InChI is InChI=1S/C17H12BrClFN3O2/c18-7-13-14(17(24)25)15(11-4-3-10(20)6-12(11)19)23-16(22-13)9-2-1-5-21-8-9/h1-6,8,15H,7H2,(H,22,23)(H,24,25). The van der Waals surface area contributed by atoms with Crippen LogP contribution in [0.4, 0.5) is 4.39 Å². The fourth-order valence-corrected chi connectivity index (χ4v) is 3.26. The van der Waals surface area contributed by atoms with E-state index >= 15 is 0 Å². The monoisotopic (exact) mass is 423 g/mol. The zero-order chi connectivity index (χ0) is 18.0. The lowest BCUT2D eigenvalue weighted by molar-refractivity contribution is -0.133. The summed E-state index contributed by atoms with van der Waals surface area (Å²) in [5.74, 6) is -1.15. The minimum absolute atomic E-state index is 0.0537. The number of allylic oxidation sites excluding steroid dienone is 1. The number of pyridine rings is 1. The number of hydrogen-bond acceptors (Lipinski definition) is 4. The van der Waals surface area contributed by atoms with Gasteiger partial charge in [0.25, 0.3) is 0 Å². The fraction of sp³-hybridized carbons (Fsp3) is 0.118. The van der Waals surface area contributed by atoms with Gasteiger partial charge in [0.1, 0.15) is 17.7 Å². The van der Waals surface area contributed by atoms with E-state index < -0.39 is 17.8 Å². The van der Waals surface area contributed by atoms with Crippen LogP contribution in [0.5, 0.6) is 0 Å². The van der Waals surface area contributed by atoms with Gasteiger partial charge < -0.3 is 10.4 Å². The highest BCUT2D eigenvalue weighted by atomic mass is 79.9. The van der Waals surface area contributed by atoms with Crippen LogP contribution in [0.25, 0.3) is 0 Å². The van der Waals surface area contributed by atoms with Crippen LogP contribution in [0, 0.1) is 5.82 Å². The lowest BCUT2D eigenvalue weighted by atomic mass is 9.95. The molecule has 5 nitrogen and oxygen atoms in total. The van der Waals surface area contributed by atoms with Gasteiger partial charge in [0.15, 0.2) is 0 Å². The number of carboxylic acids is 1. The van der Waals surface area contributed by atoms with Crippen molar-refractivity contribution in [3.8, 4) is 0 Å². The van der Waals surface area contributed by atoms with E-state index in [0.717, 1.165) is 6.07 Å². The highest BCUT2D eigenvalue weighted by Crippen LogP contribution is 2.36. The highest BCUT2D eigenvalue weighted by molar-refractivity contribution is 9.09. The number of benzene rings is 1. The Kier molecular flexibility index (Phi) is 5.15. The maximum Gasteiger partial charge on any atom is 0.335 e. The Morgan fingerprint density at radius 1 is 1.40 bits per heavy atom. The Bertz CT molecular complexity index is 887. The van der Waals surface area contributed by atoms with Gasteiger partial charge in [-0.1, -0.05) is 33.6 Å². The van der Waals surface area contributed by atoms with Crippen LogP contribution in [0.2, 0.25) is 5.02 Å². The van der Waals surface area contributed by atoms with E-state index in [1.807, 2.05) is 0 Å². The smallest absolute Gasteiger partial charge is 0.335 e. The molecule has 1 aromatic carbocycles. The van der Waals surface area contributed by atoms with E-state index in [1.165, 1.54) is 12.1 Å². The average molecular weight is 425 g/mol. The van der Waals surface area contributed by atoms with Gasteiger partial charge in [-0.25, -0.2) is 9.18 Å². The molecule has 0 radical (unpaired) electrons. The normalized spacial score (nSPS) is 17.1. The summed E-state index contributed by atoms with van der Waals surface area (Å²) in [6.07, 6.45) is 3.25. The molecule has 1 atom stereocenters. The molecule has 0 spiro atoms. The minimum atomic E-state index is -1.12. The molecule has 1 aliphatic heterocycles. The second-order valence-corrected chi connectivity index (χ2v) is 6.21. The predicted octanol–water partition coefficient (Wildman–Crippen LogP) is 3.70. The Labute approximate surface area is 156 Å². The first-order valence-corrected chi connectivity index (χ1v) is 8.73. The predicted molar refractivity (Wildman–Crippen MR) is 96.5 cm³/mol. The van der Waals surface area contributed by atoms with Gasteiger partial charge >= 0.3 is 5.97 Å². The molecular formula is C17H12BrClFN3O2.